The highest BCUT2D eigenvalue weighted by atomic mass is 35.5. The van der Waals surface area contributed by atoms with Crippen LogP contribution < -0.4 is 0 Å². The molecular weight excluding hydrogens is 286 g/mol. The van der Waals surface area contributed by atoms with Gasteiger partial charge in [0.2, 0.25) is 0 Å². The van der Waals surface area contributed by atoms with Crippen molar-refractivity contribution in [2.75, 3.05) is 6.54 Å². The minimum absolute atomic E-state index is 0.118. The second-order valence-corrected chi connectivity index (χ2v) is 7.04. The minimum atomic E-state index is -0.118. The predicted molar refractivity (Wildman–Crippen MR) is 84.4 cm³/mol. The number of aromatic nitrogens is 2. The lowest BCUT2D eigenvalue weighted by Crippen LogP contribution is -2.42. The van der Waals surface area contributed by atoms with Crippen LogP contribution in [0.15, 0.2) is 0 Å². The van der Waals surface area contributed by atoms with Gasteiger partial charge >= 0.3 is 0 Å². The number of halogens is 1. The van der Waals surface area contributed by atoms with Crippen LogP contribution in [0.4, 0.5) is 0 Å². The zero-order valence-electron chi connectivity index (χ0n) is 13.1. The standard InChI is InChI=1S/C16H26ClN3O/c1-11-16(17)14(19(2)18-11)10-20-9-5-7-13(20)12-6-3-4-8-15(12)21/h12-13,15,21H,3-10H2,1-2H3. The van der Waals surface area contributed by atoms with Crippen LogP contribution in [0.2, 0.25) is 5.02 Å². The van der Waals surface area contributed by atoms with Crippen molar-refractivity contribution in [1.82, 2.24) is 14.7 Å². The van der Waals surface area contributed by atoms with E-state index in [1.807, 2.05) is 18.7 Å². The Balaban J connectivity index is 1.75. The third-order valence-electron chi connectivity index (χ3n) is 5.30. The maximum atomic E-state index is 10.4. The van der Waals surface area contributed by atoms with Crippen molar-refractivity contribution in [3.63, 3.8) is 0 Å². The Hall–Kier alpha value is -0.580. The van der Waals surface area contributed by atoms with Crippen molar-refractivity contribution in [3.05, 3.63) is 16.4 Å². The Morgan fingerprint density at radius 3 is 2.67 bits per heavy atom. The number of aliphatic hydroxyl groups is 1. The Bertz CT molecular complexity index is 502. The molecule has 0 radical (unpaired) electrons. The van der Waals surface area contributed by atoms with E-state index < -0.39 is 0 Å². The molecule has 5 heteroatoms. The Morgan fingerprint density at radius 1 is 1.24 bits per heavy atom. The highest BCUT2D eigenvalue weighted by Crippen LogP contribution is 2.36. The summed E-state index contributed by atoms with van der Waals surface area (Å²) in [5.41, 5.74) is 2.01. The first-order valence-corrected chi connectivity index (χ1v) is 8.56. The molecule has 21 heavy (non-hydrogen) atoms. The molecule has 1 saturated carbocycles. The largest absolute Gasteiger partial charge is 0.393 e. The van der Waals surface area contributed by atoms with Crippen molar-refractivity contribution in [3.8, 4) is 0 Å². The zero-order chi connectivity index (χ0) is 15.0. The molecule has 0 spiro atoms. The van der Waals surface area contributed by atoms with Gasteiger partial charge in [0.15, 0.2) is 0 Å². The van der Waals surface area contributed by atoms with Crippen LogP contribution >= 0.6 is 11.6 Å². The number of rotatable bonds is 3. The number of aliphatic hydroxyl groups excluding tert-OH is 1. The van der Waals surface area contributed by atoms with E-state index in [4.69, 9.17) is 11.6 Å². The second-order valence-electron chi connectivity index (χ2n) is 6.67. The Morgan fingerprint density at radius 2 is 2.00 bits per heavy atom. The molecular formula is C16H26ClN3O. The molecule has 1 aromatic rings. The fraction of sp³-hybridized carbons (Fsp3) is 0.812. The van der Waals surface area contributed by atoms with Crippen molar-refractivity contribution in [2.24, 2.45) is 13.0 Å². The quantitative estimate of drug-likeness (QED) is 0.933. The minimum Gasteiger partial charge on any atom is -0.393 e. The van der Waals surface area contributed by atoms with Gasteiger partial charge in [0.25, 0.3) is 0 Å². The molecule has 4 nitrogen and oxygen atoms in total. The van der Waals surface area contributed by atoms with Gasteiger partial charge in [-0.05, 0) is 39.2 Å². The summed E-state index contributed by atoms with van der Waals surface area (Å²) in [5.74, 6) is 0.439. The maximum Gasteiger partial charge on any atom is 0.0860 e. The summed E-state index contributed by atoms with van der Waals surface area (Å²) >= 11 is 6.40. The lowest BCUT2D eigenvalue weighted by molar-refractivity contribution is 0.0196. The summed E-state index contributed by atoms with van der Waals surface area (Å²) < 4.78 is 1.91. The van der Waals surface area contributed by atoms with Crippen molar-refractivity contribution < 1.29 is 5.11 Å². The van der Waals surface area contributed by atoms with Gasteiger partial charge < -0.3 is 5.11 Å². The van der Waals surface area contributed by atoms with Crippen LogP contribution in [-0.2, 0) is 13.6 Å². The van der Waals surface area contributed by atoms with Gasteiger partial charge in [-0.2, -0.15) is 5.10 Å². The molecule has 1 aromatic heterocycles. The number of hydrogen-bond donors (Lipinski definition) is 1. The van der Waals surface area contributed by atoms with Crippen LogP contribution in [0.3, 0.4) is 0 Å². The van der Waals surface area contributed by atoms with Gasteiger partial charge in [-0.25, -0.2) is 0 Å². The van der Waals surface area contributed by atoms with Gasteiger partial charge in [0.1, 0.15) is 0 Å². The summed E-state index contributed by atoms with van der Waals surface area (Å²) in [6.45, 7) is 3.91. The molecule has 2 fully saturated rings. The molecule has 0 aromatic carbocycles. The zero-order valence-corrected chi connectivity index (χ0v) is 13.8. The van der Waals surface area contributed by atoms with Crippen molar-refractivity contribution >= 4 is 11.6 Å². The average Bonchev–Trinajstić information content (AvgIpc) is 3.00. The molecule has 2 heterocycles. The van der Waals surface area contributed by atoms with Crippen molar-refractivity contribution in [1.29, 1.82) is 0 Å². The highest BCUT2D eigenvalue weighted by molar-refractivity contribution is 6.31. The molecule has 3 atom stereocenters. The third-order valence-corrected chi connectivity index (χ3v) is 5.80. The summed E-state index contributed by atoms with van der Waals surface area (Å²) in [6, 6.07) is 0.506. The van der Waals surface area contributed by atoms with E-state index in [1.54, 1.807) is 0 Å². The predicted octanol–water partition coefficient (Wildman–Crippen LogP) is 2.90. The molecule has 1 N–H and O–H groups in total. The smallest absolute Gasteiger partial charge is 0.0860 e. The van der Waals surface area contributed by atoms with Crippen LogP contribution in [0.1, 0.15) is 49.9 Å². The molecule has 1 aliphatic carbocycles. The topological polar surface area (TPSA) is 41.3 Å². The van der Waals surface area contributed by atoms with Crippen LogP contribution in [-0.4, -0.2) is 38.5 Å². The Labute approximate surface area is 132 Å². The number of hydrogen-bond acceptors (Lipinski definition) is 3. The summed E-state index contributed by atoms with van der Waals surface area (Å²) in [5, 5.41) is 15.6. The number of nitrogens with zero attached hydrogens (tertiary/aromatic N) is 3. The van der Waals surface area contributed by atoms with Gasteiger partial charge in [0.05, 0.1) is 22.5 Å². The van der Waals surface area contributed by atoms with Gasteiger partial charge in [-0.15, -0.1) is 0 Å². The molecule has 1 saturated heterocycles. The van der Waals surface area contributed by atoms with Crippen molar-refractivity contribution in [2.45, 2.75) is 64.1 Å². The molecule has 3 rings (SSSR count). The van der Waals surface area contributed by atoms with Gasteiger partial charge in [-0.3, -0.25) is 9.58 Å². The lowest BCUT2D eigenvalue weighted by atomic mass is 9.80. The van der Waals surface area contributed by atoms with Gasteiger partial charge in [-0.1, -0.05) is 24.4 Å². The van der Waals surface area contributed by atoms with E-state index in [2.05, 4.69) is 10.00 Å². The maximum absolute atomic E-state index is 10.4. The Kier molecular flexibility index (Phi) is 4.57. The first-order valence-electron chi connectivity index (χ1n) is 8.18. The average molecular weight is 312 g/mol. The fourth-order valence-electron chi connectivity index (χ4n) is 4.17. The first-order chi connectivity index (χ1) is 10.1. The van der Waals surface area contributed by atoms with E-state index in [0.717, 1.165) is 35.9 Å². The monoisotopic (exact) mass is 311 g/mol. The van der Waals surface area contributed by atoms with E-state index in [-0.39, 0.29) is 6.10 Å². The third kappa shape index (κ3) is 2.99. The van der Waals surface area contributed by atoms with E-state index in [0.29, 0.717) is 12.0 Å². The summed E-state index contributed by atoms with van der Waals surface area (Å²) in [6.07, 6.45) is 6.89. The number of aryl methyl sites for hydroxylation is 2. The molecule has 0 bridgehead atoms. The van der Waals surface area contributed by atoms with Crippen LogP contribution in [0.5, 0.6) is 0 Å². The van der Waals surface area contributed by atoms with E-state index >= 15 is 0 Å². The van der Waals surface area contributed by atoms with Crippen LogP contribution in [0, 0.1) is 12.8 Å². The van der Waals surface area contributed by atoms with Gasteiger partial charge in [0, 0.05) is 25.6 Å². The first kappa shape index (κ1) is 15.3. The van der Waals surface area contributed by atoms with E-state index in [9.17, 15) is 5.11 Å². The fourth-order valence-corrected chi connectivity index (χ4v) is 4.39. The highest BCUT2D eigenvalue weighted by Gasteiger charge is 2.37. The van der Waals surface area contributed by atoms with E-state index in [1.165, 1.54) is 32.1 Å². The molecule has 3 unspecified atom stereocenters. The summed E-state index contributed by atoms with van der Waals surface area (Å²) in [7, 11) is 1.97. The normalized spacial score (nSPS) is 31.0. The lowest BCUT2D eigenvalue weighted by Gasteiger charge is -2.37. The second kappa shape index (κ2) is 6.27. The molecule has 1 aliphatic heterocycles. The molecule has 0 amide bonds. The molecule has 2 aliphatic rings. The summed E-state index contributed by atoms with van der Waals surface area (Å²) in [4.78, 5) is 2.52. The molecule has 118 valence electrons. The van der Waals surface area contributed by atoms with Crippen LogP contribution in [0.25, 0.3) is 0 Å². The SMILES string of the molecule is Cc1nn(C)c(CN2CCCC2C2CCCCC2O)c1Cl. The number of likely N-dealkylation sites (tertiary alicyclic amines) is 1.